The van der Waals surface area contributed by atoms with Crippen molar-refractivity contribution in [2.75, 3.05) is 18.1 Å². The number of benzene rings is 2. The summed E-state index contributed by atoms with van der Waals surface area (Å²) in [5.74, 6) is 1.31. The highest BCUT2D eigenvalue weighted by atomic mass is 32.2. The molecule has 2 aromatic carbocycles. The van der Waals surface area contributed by atoms with Crippen LogP contribution in [0.4, 0.5) is 5.69 Å². The Morgan fingerprint density at radius 3 is 2.72 bits per heavy atom. The van der Waals surface area contributed by atoms with Gasteiger partial charge in [-0.3, -0.25) is 4.79 Å². The summed E-state index contributed by atoms with van der Waals surface area (Å²) in [6, 6.07) is 12.2. The van der Waals surface area contributed by atoms with Crippen LogP contribution in [0.15, 0.2) is 47.4 Å². The van der Waals surface area contributed by atoms with Gasteiger partial charge in [-0.2, -0.15) is 0 Å². The lowest BCUT2D eigenvalue weighted by atomic mass is 10.1. The molecule has 1 N–H and O–H groups in total. The van der Waals surface area contributed by atoms with E-state index in [1.807, 2.05) is 32.0 Å². The molecule has 2 aliphatic rings. The highest BCUT2D eigenvalue weighted by molar-refractivity contribution is 7.89. The lowest BCUT2D eigenvalue weighted by molar-refractivity contribution is -0.118. The Morgan fingerprint density at radius 1 is 1.21 bits per heavy atom. The molecule has 7 nitrogen and oxygen atoms in total. The number of hydrogen-bond acceptors (Lipinski definition) is 5. The van der Waals surface area contributed by atoms with Gasteiger partial charge in [0.2, 0.25) is 15.9 Å². The van der Waals surface area contributed by atoms with Crippen molar-refractivity contribution in [1.82, 2.24) is 4.72 Å². The van der Waals surface area contributed by atoms with Gasteiger partial charge in [0.1, 0.15) is 12.7 Å². The molecule has 154 valence electrons. The Morgan fingerprint density at radius 2 is 1.97 bits per heavy atom. The van der Waals surface area contributed by atoms with Crippen LogP contribution in [0.3, 0.4) is 0 Å². The lowest BCUT2D eigenvalue weighted by Gasteiger charge is -2.26. The molecule has 2 aliphatic heterocycles. The third-order valence-corrected chi connectivity index (χ3v) is 6.64. The van der Waals surface area contributed by atoms with Gasteiger partial charge in [0, 0.05) is 18.2 Å². The number of ether oxygens (including phenoxy) is 2. The van der Waals surface area contributed by atoms with E-state index in [1.54, 1.807) is 29.2 Å². The summed E-state index contributed by atoms with van der Waals surface area (Å²) >= 11 is 0. The summed E-state index contributed by atoms with van der Waals surface area (Å²) in [4.78, 5) is 14.1. The van der Waals surface area contributed by atoms with Gasteiger partial charge in [-0.05, 0) is 49.2 Å². The van der Waals surface area contributed by atoms with Gasteiger partial charge >= 0.3 is 0 Å². The quantitative estimate of drug-likeness (QED) is 0.810. The van der Waals surface area contributed by atoms with E-state index in [0.717, 1.165) is 11.3 Å². The Balaban J connectivity index is 1.46. The third-order valence-electron chi connectivity index (χ3n) is 5.22. The van der Waals surface area contributed by atoms with E-state index in [2.05, 4.69) is 4.72 Å². The van der Waals surface area contributed by atoms with Gasteiger partial charge in [-0.15, -0.1) is 0 Å². The molecule has 0 bridgehead atoms. The summed E-state index contributed by atoms with van der Waals surface area (Å²) in [5.41, 5.74) is 1.66. The Bertz CT molecular complexity index is 1040. The minimum absolute atomic E-state index is 0.0243. The molecular formula is C21H24N2O5S. The third kappa shape index (κ3) is 3.82. The normalized spacial score (nSPS) is 20.4. The first-order valence-electron chi connectivity index (χ1n) is 9.72. The maximum atomic E-state index is 12.8. The first-order valence-corrected chi connectivity index (χ1v) is 11.2. The second kappa shape index (κ2) is 7.68. The van der Waals surface area contributed by atoms with Crippen molar-refractivity contribution in [3.63, 3.8) is 0 Å². The fraction of sp³-hybridized carbons (Fsp3) is 0.381. The zero-order valence-corrected chi connectivity index (χ0v) is 17.2. The summed E-state index contributed by atoms with van der Waals surface area (Å²) in [7, 11) is -3.71. The molecule has 0 fully saturated rings. The van der Waals surface area contributed by atoms with Crippen LogP contribution in [0.1, 0.15) is 25.8 Å². The van der Waals surface area contributed by atoms with Crippen molar-refractivity contribution in [2.24, 2.45) is 0 Å². The van der Waals surface area contributed by atoms with Crippen molar-refractivity contribution < 1.29 is 22.7 Å². The maximum absolute atomic E-state index is 12.8. The first kappa shape index (κ1) is 19.7. The number of nitrogens with zero attached hydrogens (tertiary/aromatic N) is 1. The van der Waals surface area contributed by atoms with E-state index in [4.69, 9.17) is 9.47 Å². The number of anilines is 1. The highest BCUT2D eigenvalue weighted by Gasteiger charge is 2.31. The Labute approximate surface area is 170 Å². The van der Waals surface area contributed by atoms with Gasteiger partial charge in [0.15, 0.2) is 11.5 Å². The zero-order chi connectivity index (χ0) is 20.6. The molecule has 0 saturated heterocycles. The molecule has 0 aromatic heterocycles. The van der Waals surface area contributed by atoms with Crippen molar-refractivity contribution in [1.29, 1.82) is 0 Å². The SMILES string of the molecule is CCC(=O)N1c2ccc(S(=O)(=O)NCC3COc4ccccc4O3)cc2CC1C. The second-order valence-corrected chi connectivity index (χ2v) is 9.08. The molecule has 29 heavy (non-hydrogen) atoms. The standard InChI is InChI=1S/C21H24N2O5S/c1-3-21(24)23-14(2)10-15-11-17(8-9-18(15)23)29(25,26)22-12-16-13-27-19-6-4-5-7-20(19)28-16/h4-9,11,14,16,22H,3,10,12-13H2,1-2H3. The van der Waals surface area contributed by atoms with E-state index in [0.29, 0.717) is 24.3 Å². The van der Waals surface area contributed by atoms with Crippen molar-refractivity contribution in [3.05, 3.63) is 48.0 Å². The number of para-hydroxylation sites is 2. The first-order chi connectivity index (χ1) is 13.9. The van der Waals surface area contributed by atoms with Crippen LogP contribution in [-0.2, 0) is 21.2 Å². The van der Waals surface area contributed by atoms with Crippen LogP contribution in [-0.4, -0.2) is 39.6 Å². The Kier molecular flexibility index (Phi) is 5.23. The number of carbonyl (C=O) groups is 1. The maximum Gasteiger partial charge on any atom is 0.240 e. The number of amides is 1. The van der Waals surface area contributed by atoms with Crippen LogP contribution < -0.4 is 19.1 Å². The van der Waals surface area contributed by atoms with E-state index in [9.17, 15) is 13.2 Å². The minimum Gasteiger partial charge on any atom is -0.486 e. The van der Waals surface area contributed by atoms with Crippen LogP contribution in [0.5, 0.6) is 11.5 Å². The van der Waals surface area contributed by atoms with Crippen LogP contribution in [0.2, 0.25) is 0 Å². The topological polar surface area (TPSA) is 84.9 Å². The van der Waals surface area contributed by atoms with E-state index >= 15 is 0 Å². The van der Waals surface area contributed by atoms with E-state index in [-0.39, 0.29) is 30.0 Å². The largest absolute Gasteiger partial charge is 0.486 e. The smallest absolute Gasteiger partial charge is 0.240 e. The van der Waals surface area contributed by atoms with Gasteiger partial charge in [0.25, 0.3) is 0 Å². The summed E-state index contributed by atoms with van der Waals surface area (Å²) in [6.45, 7) is 4.17. The molecule has 0 spiro atoms. The fourth-order valence-electron chi connectivity index (χ4n) is 3.77. The summed E-state index contributed by atoms with van der Waals surface area (Å²) < 4.78 is 39.6. The predicted octanol–water partition coefficient (Wildman–Crippen LogP) is 2.49. The number of hydrogen-bond donors (Lipinski definition) is 1. The van der Waals surface area contributed by atoms with Crippen LogP contribution in [0, 0.1) is 0 Å². The molecule has 2 aromatic rings. The molecule has 0 saturated carbocycles. The Hall–Kier alpha value is -2.58. The second-order valence-electron chi connectivity index (χ2n) is 7.31. The predicted molar refractivity (Wildman–Crippen MR) is 109 cm³/mol. The summed E-state index contributed by atoms with van der Waals surface area (Å²) in [5, 5.41) is 0. The molecule has 0 radical (unpaired) electrons. The van der Waals surface area contributed by atoms with Gasteiger partial charge in [-0.1, -0.05) is 19.1 Å². The molecule has 0 aliphatic carbocycles. The number of carbonyl (C=O) groups excluding carboxylic acids is 1. The molecular weight excluding hydrogens is 392 g/mol. The van der Waals surface area contributed by atoms with Crippen LogP contribution in [0.25, 0.3) is 0 Å². The molecule has 2 heterocycles. The van der Waals surface area contributed by atoms with Gasteiger partial charge < -0.3 is 14.4 Å². The van der Waals surface area contributed by atoms with Gasteiger partial charge in [0.05, 0.1) is 11.4 Å². The number of rotatable bonds is 5. The zero-order valence-electron chi connectivity index (χ0n) is 16.4. The monoisotopic (exact) mass is 416 g/mol. The van der Waals surface area contributed by atoms with E-state index in [1.165, 1.54) is 0 Å². The molecule has 2 atom stereocenters. The van der Waals surface area contributed by atoms with Crippen molar-refractivity contribution in [2.45, 2.75) is 43.7 Å². The highest BCUT2D eigenvalue weighted by Crippen LogP contribution is 2.34. The molecule has 2 unspecified atom stereocenters. The van der Waals surface area contributed by atoms with Crippen LogP contribution >= 0.6 is 0 Å². The number of fused-ring (bicyclic) bond motifs is 2. The molecule has 1 amide bonds. The number of sulfonamides is 1. The molecule has 8 heteroatoms. The minimum atomic E-state index is -3.71. The number of nitrogens with one attached hydrogen (secondary N) is 1. The fourth-order valence-corrected chi connectivity index (χ4v) is 4.89. The summed E-state index contributed by atoms with van der Waals surface area (Å²) in [6.07, 6.45) is 0.644. The van der Waals surface area contributed by atoms with E-state index < -0.39 is 16.1 Å². The lowest BCUT2D eigenvalue weighted by Crippen LogP contribution is -2.40. The van der Waals surface area contributed by atoms with Crippen molar-refractivity contribution >= 4 is 21.6 Å². The average molecular weight is 416 g/mol. The molecule has 4 rings (SSSR count). The average Bonchev–Trinajstić information content (AvgIpc) is 3.06. The van der Waals surface area contributed by atoms with Crippen molar-refractivity contribution in [3.8, 4) is 11.5 Å². The van der Waals surface area contributed by atoms with Gasteiger partial charge in [-0.25, -0.2) is 13.1 Å².